The van der Waals surface area contributed by atoms with Crippen LogP contribution in [0, 0.1) is 5.92 Å². The molecule has 2 aliphatic carbocycles. The van der Waals surface area contributed by atoms with Crippen LogP contribution < -0.4 is 14.8 Å². The van der Waals surface area contributed by atoms with Crippen molar-refractivity contribution in [2.24, 2.45) is 5.92 Å². The lowest BCUT2D eigenvalue weighted by atomic mass is 9.86. The molecule has 0 saturated heterocycles. The zero-order chi connectivity index (χ0) is 19.1. The van der Waals surface area contributed by atoms with E-state index in [2.05, 4.69) is 55.1 Å². The Morgan fingerprint density at radius 3 is 2.22 bits per heavy atom. The highest BCUT2D eigenvalue weighted by Gasteiger charge is 2.22. The molecule has 0 heterocycles. The molecule has 2 fully saturated rings. The summed E-state index contributed by atoms with van der Waals surface area (Å²) in [5.41, 5.74) is 1.22. The molecule has 27 heavy (non-hydrogen) atoms. The zero-order valence-electron chi connectivity index (χ0n) is 17.4. The van der Waals surface area contributed by atoms with Gasteiger partial charge >= 0.3 is 0 Å². The van der Waals surface area contributed by atoms with E-state index >= 15 is 0 Å². The third-order valence-electron chi connectivity index (χ3n) is 5.68. The molecular weight excluding hydrogens is 352 g/mol. The monoisotopic (exact) mass is 390 g/mol. The Morgan fingerprint density at radius 2 is 1.59 bits per heavy atom. The fraction of sp³-hybridized carbons (Fsp3) is 0.739. The molecule has 0 radical (unpaired) electrons. The summed E-state index contributed by atoms with van der Waals surface area (Å²) in [6, 6.07) is 9.28. The summed E-state index contributed by atoms with van der Waals surface area (Å²) < 4.78 is 10.1. The van der Waals surface area contributed by atoms with Crippen LogP contribution >= 0.6 is 11.9 Å². The molecule has 0 aliphatic heterocycles. The molecule has 0 amide bonds. The highest BCUT2D eigenvalue weighted by molar-refractivity contribution is 7.98. The predicted molar refractivity (Wildman–Crippen MR) is 119 cm³/mol. The molecule has 0 aromatic heterocycles. The summed E-state index contributed by atoms with van der Waals surface area (Å²) in [6.07, 6.45) is 12.1. The van der Waals surface area contributed by atoms with E-state index in [1.807, 2.05) is 11.9 Å². The SMILES string of the molecule is CC(C)(C)SN[C@H]1CC[C@H](CNc2ccc(OC3CCCCC3)cc2)CC1. The third-order valence-corrected chi connectivity index (χ3v) is 6.75. The van der Waals surface area contributed by atoms with Crippen LogP contribution in [-0.4, -0.2) is 23.4 Å². The Hall–Kier alpha value is -0.870. The Kier molecular flexibility index (Phi) is 7.77. The van der Waals surface area contributed by atoms with Crippen LogP contribution in [0.2, 0.25) is 0 Å². The highest BCUT2D eigenvalue weighted by atomic mass is 32.2. The standard InChI is InChI=1S/C23H38N2OS/c1-23(2,3)27-25-20-11-9-18(10-12-20)17-24-19-13-15-22(16-14-19)26-21-7-5-4-6-8-21/h13-16,18,20-21,24-25H,4-12,17H2,1-3H3/t18-,20-. The molecule has 152 valence electrons. The Labute approximate surface area is 170 Å². The van der Waals surface area contributed by atoms with Crippen LogP contribution in [0.5, 0.6) is 5.75 Å². The van der Waals surface area contributed by atoms with Crippen molar-refractivity contribution in [1.82, 2.24) is 4.72 Å². The molecule has 0 spiro atoms. The topological polar surface area (TPSA) is 33.3 Å². The van der Waals surface area contributed by atoms with Crippen molar-refractivity contribution in [3.8, 4) is 5.75 Å². The minimum atomic E-state index is 0.297. The highest BCUT2D eigenvalue weighted by Crippen LogP contribution is 2.29. The average Bonchev–Trinajstić information content (AvgIpc) is 2.67. The van der Waals surface area contributed by atoms with Crippen molar-refractivity contribution in [1.29, 1.82) is 0 Å². The number of ether oxygens (including phenoxy) is 1. The molecule has 1 aromatic rings. The van der Waals surface area contributed by atoms with Crippen LogP contribution in [0.3, 0.4) is 0 Å². The van der Waals surface area contributed by atoms with Gasteiger partial charge in [-0.2, -0.15) is 0 Å². The van der Waals surface area contributed by atoms with Crippen molar-refractivity contribution >= 4 is 17.6 Å². The lowest BCUT2D eigenvalue weighted by Gasteiger charge is -2.31. The van der Waals surface area contributed by atoms with Gasteiger partial charge in [-0.3, -0.25) is 4.72 Å². The van der Waals surface area contributed by atoms with Crippen LogP contribution in [0.25, 0.3) is 0 Å². The number of rotatable bonds is 7. The largest absolute Gasteiger partial charge is 0.490 e. The summed E-state index contributed by atoms with van der Waals surface area (Å²) >= 11 is 1.89. The number of nitrogens with one attached hydrogen (secondary N) is 2. The first-order chi connectivity index (χ1) is 13.0. The van der Waals surface area contributed by atoms with Gasteiger partial charge in [-0.05, 0) is 102 Å². The van der Waals surface area contributed by atoms with Gasteiger partial charge in [-0.1, -0.05) is 18.4 Å². The van der Waals surface area contributed by atoms with Gasteiger partial charge in [0.15, 0.2) is 0 Å². The van der Waals surface area contributed by atoms with E-state index in [1.54, 1.807) is 0 Å². The van der Waals surface area contributed by atoms with E-state index in [0.29, 0.717) is 16.9 Å². The van der Waals surface area contributed by atoms with Crippen molar-refractivity contribution in [3.63, 3.8) is 0 Å². The minimum Gasteiger partial charge on any atom is -0.490 e. The van der Waals surface area contributed by atoms with Crippen LogP contribution in [-0.2, 0) is 0 Å². The van der Waals surface area contributed by atoms with Crippen LogP contribution in [0.4, 0.5) is 5.69 Å². The molecular formula is C23H38N2OS. The second-order valence-electron chi connectivity index (χ2n) is 9.33. The van der Waals surface area contributed by atoms with Gasteiger partial charge in [0.2, 0.25) is 0 Å². The minimum absolute atomic E-state index is 0.297. The van der Waals surface area contributed by atoms with Gasteiger partial charge in [-0.25, -0.2) is 0 Å². The number of hydrogen-bond donors (Lipinski definition) is 2. The molecule has 4 heteroatoms. The lowest BCUT2D eigenvalue weighted by molar-refractivity contribution is 0.155. The first-order valence-electron chi connectivity index (χ1n) is 10.9. The van der Waals surface area contributed by atoms with Crippen molar-refractivity contribution in [2.45, 2.75) is 95.5 Å². The van der Waals surface area contributed by atoms with Gasteiger partial charge in [0.1, 0.15) is 5.75 Å². The predicted octanol–water partition coefficient (Wildman–Crippen LogP) is 6.41. The van der Waals surface area contributed by atoms with E-state index in [-0.39, 0.29) is 0 Å². The summed E-state index contributed by atoms with van der Waals surface area (Å²) in [5.74, 6) is 1.82. The van der Waals surface area contributed by atoms with E-state index in [9.17, 15) is 0 Å². The van der Waals surface area contributed by atoms with Gasteiger partial charge in [0.25, 0.3) is 0 Å². The normalized spacial score (nSPS) is 24.6. The van der Waals surface area contributed by atoms with Crippen LogP contribution in [0.15, 0.2) is 24.3 Å². The lowest BCUT2D eigenvalue weighted by Crippen LogP contribution is -2.33. The maximum absolute atomic E-state index is 6.13. The zero-order valence-corrected chi connectivity index (χ0v) is 18.2. The fourth-order valence-electron chi connectivity index (χ4n) is 4.03. The van der Waals surface area contributed by atoms with Gasteiger partial charge in [-0.15, -0.1) is 0 Å². The molecule has 3 rings (SSSR count). The van der Waals surface area contributed by atoms with Gasteiger partial charge in [0.05, 0.1) is 6.10 Å². The van der Waals surface area contributed by atoms with E-state index < -0.39 is 0 Å². The summed E-state index contributed by atoms with van der Waals surface area (Å²) in [6.45, 7) is 7.89. The Morgan fingerprint density at radius 1 is 0.926 bits per heavy atom. The molecule has 0 unspecified atom stereocenters. The van der Waals surface area contributed by atoms with Gasteiger partial charge < -0.3 is 10.1 Å². The summed E-state index contributed by atoms with van der Waals surface area (Å²) in [5, 5.41) is 3.64. The Balaban J connectivity index is 1.34. The smallest absolute Gasteiger partial charge is 0.119 e. The molecule has 2 saturated carbocycles. The third kappa shape index (κ3) is 7.57. The van der Waals surface area contributed by atoms with Crippen molar-refractivity contribution < 1.29 is 4.74 Å². The van der Waals surface area contributed by atoms with E-state index in [1.165, 1.54) is 63.5 Å². The van der Waals surface area contributed by atoms with E-state index in [4.69, 9.17) is 4.74 Å². The quantitative estimate of drug-likeness (QED) is 0.527. The van der Waals surface area contributed by atoms with E-state index in [0.717, 1.165) is 18.2 Å². The summed E-state index contributed by atoms with van der Waals surface area (Å²) in [7, 11) is 0. The molecule has 0 bridgehead atoms. The van der Waals surface area contributed by atoms with Gasteiger partial charge in [0, 0.05) is 23.0 Å². The second-order valence-corrected chi connectivity index (χ2v) is 11.0. The fourth-order valence-corrected chi connectivity index (χ4v) is 4.79. The van der Waals surface area contributed by atoms with Crippen molar-refractivity contribution in [3.05, 3.63) is 24.3 Å². The Bertz CT molecular complexity index is 540. The maximum Gasteiger partial charge on any atom is 0.119 e. The molecule has 1 aromatic carbocycles. The molecule has 3 nitrogen and oxygen atoms in total. The molecule has 2 aliphatic rings. The average molecular weight is 391 g/mol. The molecule has 2 N–H and O–H groups in total. The first-order valence-corrected chi connectivity index (χ1v) is 11.7. The van der Waals surface area contributed by atoms with Crippen LogP contribution in [0.1, 0.15) is 78.6 Å². The first kappa shape index (κ1) is 20.9. The maximum atomic E-state index is 6.13. The number of benzene rings is 1. The second kappa shape index (κ2) is 10.1. The number of anilines is 1. The molecule has 0 atom stereocenters. The number of hydrogen-bond acceptors (Lipinski definition) is 4. The summed E-state index contributed by atoms with van der Waals surface area (Å²) in [4.78, 5) is 0. The van der Waals surface area contributed by atoms with Crippen molar-refractivity contribution in [2.75, 3.05) is 11.9 Å².